The molecule has 24 heavy (non-hydrogen) atoms. The number of urea groups is 1. The summed E-state index contributed by atoms with van der Waals surface area (Å²) < 4.78 is 4.74. The van der Waals surface area contributed by atoms with Crippen molar-refractivity contribution in [2.24, 2.45) is 0 Å². The molecule has 1 aromatic heterocycles. The number of benzene rings is 1. The monoisotopic (exact) mass is 327 g/mol. The number of pyridine rings is 1. The molecule has 6 heteroatoms. The van der Waals surface area contributed by atoms with E-state index in [1.807, 2.05) is 43.3 Å². The number of hydrogen-bond donors (Lipinski definition) is 2. The smallest absolute Gasteiger partial charge is 0.325 e. The molecule has 0 fully saturated rings. The topological polar surface area (TPSA) is 80.3 Å². The number of hydrogen-bond acceptors (Lipinski definition) is 4. The van der Waals surface area contributed by atoms with Gasteiger partial charge in [0.25, 0.3) is 0 Å². The van der Waals surface area contributed by atoms with Crippen molar-refractivity contribution in [2.45, 2.75) is 20.4 Å². The Morgan fingerprint density at radius 2 is 2.00 bits per heavy atom. The predicted octanol–water partition coefficient (Wildman–Crippen LogP) is 2.42. The van der Waals surface area contributed by atoms with Crippen LogP contribution in [0.4, 0.5) is 4.79 Å². The van der Waals surface area contributed by atoms with Crippen molar-refractivity contribution in [2.75, 3.05) is 13.2 Å². The molecule has 0 bridgehead atoms. The minimum absolute atomic E-state index is 0.146. The molecule has 2 aromatic rings. The molecule has 0 aliphatic rings. The summed E-state index contributed by atoms with van der Waals surface area (Å²) >= 11 is 0. The third kappa shape index (κ3) is 5.08. The Morgan fingerprint density at radius 3 is 2.75 bits per heavy atom. The van der Waals surface area contributed by atoms with Crippen LogP contribution in [0, 0.1) is 6.92 Å². The summed E-state index contributed by atoms with van der Waals surface area (Å²) in [5.74, 6) is -0.458. The van der Waals surface area contributed by atoms with E-state index in [1.54, 1.807) is 13.1 Å². The van der Waals surface area contributed by atoms with Gasteiger partial charge in [-0.3, -0.25) is 9.78 Å². The molecule has 1 heterocycles. The molecule has 1 aromatic carbocycles. The molecule has 2 amide bonds. The van der Waals surface area contributed by atoms with Crippen LogP contribution in [0.25, 0.3) is 11.3 Å². The van der Waals surface area contributed by atoms with Crippen molar-refractivity contribution in [3.63, 3.8) is 0 Å². The highest BCUT2D eigenvalue weighted by Crippen LogP contribution is 2.21. The zero-order valence-electron chi connectivity index (χ0n) is 13.8. The summed E-state index contributed by atoms with van der Waals surface area (Å²) in [6, 6.07) is 11.3. The Morgan fingerprint density at radius 1 is 1.17 bits per heavy atom. The number of esters is 1. The van der Waals surface area contributed by atoms with Gasteiger partial charge in [0.1, 0.15) is 6.54 Å². The molecule has 2 N–H and O–H groups in total. The van der Waals surface area contributed by atoms with Crippen molar-refractivity contribution >= 4 is 12.0 Å². The van der Waals surface area contributed by atoms with E-state index >= 15 is 0 Å². The molecule has 0 atom stereocenters. The number of nitrogens with one attached hydrogen (secondary N) is 2. The van der Waals surface area contributed by atoms with Gasteiger partial charge < -0.3 is 15.4 Å². The van der Waals surface area contributed by atoms with Crippen LogP contribution in [0.5, 0.6) is 0 Å². The van der Waals surface area contributed by atoms with Gasteiger partial charge in [-0.1, -0.05) is 24.3 Å². The molecular weight excluding hydrogens is 306 g/mol. The molecule has 2 rings (SSSR count). The first-order valence-electron chi connectivity index (χ1n) is 7.78. The summed E-state index contributed by atoms with van der Waals surface area (Å²) in [7, 11) is 0. The zero-order chi connectivity index (χ0) is 17.4. The van der Waals surface area contributed by atoms with Crippen LogP contribution in [0.3, 0.4) is 0 Å². The third-order valence-electron chi connectivity index (χ3n) is 3.36. The third-order valence-corrected chi connectivity index (χ3v) is 3.36. The van der Waals surface area contributed by atoms with Crippen LogP contribution < -0.4 is 10.6 Å². The predicted molar refractivity (Wildman–Crippen MR) is 91.3 cm³/mol. The number of carbonyl (C=O) groups excluding carboxylic acids is 2. The Labute approximate surface area is 141 Å². The highest BCUT2D eigenvalue weighted by molar-refractivity contribution is 5.80. The lowest BCUT2D eigenvalue weighted by Gasteiger charge is -2.09. The Bertz CT molecular complexity index is 716. The van der Waals surface area contributed by atoms with Gasteiger partial charge in [-0.15, -0.1) is 0 Å². The summed E-state index contributed by atoms with van der Waals surface area (Å²) in [4.78, 5) is 27.3. The largest absolute Gasteiger partial charge is 0.465 e. The van der Waals surface area contributed by atoms with Gasteiger partial charge in [0.2, 0.25) is 0 Å². The van der Waals surface area contributed by atoms with Crippen molar-refractivity contribution in [1.29, 1.82) is 0 Å². The van der Waals surface area contributed by atoms with Gasteiger partial charge in [-0.25, -0.2) is 4.79 Å². The van der Waals surface area contributed by atoms with Crippen LogP contribution in [-0.4, -0.2) is 30.1 Å². The maximum absolute atomic E-state index is 11.7. The first-order chi connectivity index (χ1) is 11.6. The molecule has 0 spiro atoms. The number of aromatic nitrogens is 1. The second kappa shape index (κ2) is 8.67. The van der Waals surface area contributed by atoms with E-state index in [-0.39, 0.29) is 6.54 Å². The highest BCUT2D eigenvalue weighted by atomic mass is 16.5. The lowest BCUT2D eigenvalue weighted by atomic mass is 10.0. The van der Waals surface area contributed by atoms with E-state index in [9.17, 15) is 9.59 Å². The van der Waals surface area contributed by atoms with Crippen LogP contribution in [0.15, 0.2) is 42.6 Å². The Kier molecular flexibility index (Phi) is 6.31. The van der Waals surface area contributed by atoms with Gasteiger partial charge in [0, 0.05) is 18.3 Å². The lowest BCUT2D eigenvalue weighted by molar-refractivity contribution is -0.141. The fraction of sp³-hybridized carbons (Fsp3) is 0.278. The highest BCUT2D eigenvalue weighted by Gasteiger charge is 2.07. The van der Waals surface area contributed by atoms with Crippen LogP contribution >= 0.6 is 0 Å². The summed E-state index contributed by atoms with van der Waals surface area (Å²) in [5, 5.41) is 5.17. The molecule has 0 aliphatic carbocycles. The molecule has 0 unspecified atom stereocenters. The van der Waals surface area contributed by atoms with Gasteiger partial charge in [0.05, 0.1) is 12.3 Å². The SMILES string of the molecule is CCOC(=O)CNC(=O)NCc1cccc(-c2ncccc2C)c1. The normalized spacial score (nSPS) is 10.1. The molecule has 0 radical (unpaired) electrons. The number of ether oxygens (including phenoxy) is 1. The van der Waals surface area contributed by atoms with E-state index in [2.05, 4.69) is 15.6 Å². The Hall–Kier alpha value is -2.89. The standard InChI is InChI=1S/C18H21N3O3/c1-3-24-16(22)12-21-18(23)20-11-14-7-4-8-15(10-14)17-13(2)6-5-9-19-17/h4-10H,3,11-12H2,1-2H3,(H2,20,21,23). The van der Waals surface area contributed by atoms with Crippen LogP contribution in [0.1, 0.15) is 18.1 Å². The minimum atomic E-state index is -0.458. The van der Waals surface area contributed by atoms with Gasteiger partial charge in [-0.2, -0.15) is 0 Å². The van der Waals surface area contributed by atoms with Gasteiger partial charge in [-0.05, 0) is 37.1 Å². The maximum Gasteiger partial charge on any atom is 0.325 e. The molecule has 126 valence electrons. The second-order valence-corrected chi connectivity index (χ2v) is 5.21. The van der Waals surface area contributed by atoms with Gasteiger partial charge in [0.15, 0.2) is 0 Å². The van der Waals surface area contributed by atoms with Crippen molar-refractivity contribution in [1.82, 2.24) is 15.6 Å². The molecular formula is C18H21N3O3. The number of aryl methyl sites for hydroxylation is 1. The van der Waals surface area contributed by atoms with E-state index in [4.69, 9.17) is 4.74 Å². The van der Waals surface area contributed by atoms with E-state index in [1.165, 1.54) is 0 Å². The first kappa shape index (κ1) is 17.5. The fourth-order valence-electron chi connectivity index (χ4n) is 2.23. The molecule has 0 saturated heterocycles. The van der Waals surface area contributed by atoms with Crippen molar-refractivity contribution in [3.05, 3.63) is 53.7 Å². The first-order valence-corrected chi connectivity index (χ1v) is 7.78. The van der Waals surface area contributed by atoms with Crippen molar-refractivity contribution < 1.29 is 14.3 Å². The summed E-state index contributed by atoms with van der Waals surface area (Å²) in [6.45, 7) is 4.23. The maximum atomic E-state index is 11.7. The number of carbonyl (C=O) groups is 2. The van der Waals surface area contributed by atoms with E-state index in [0.29, 0.717) is 13.2 Å². The average molecular weight is 327 g/mol. The number of amides is 2. The van der Waals surface area contributed by atoms with Crippen LogP contribution in [-0.2, 0) is 16.1 Å². The fourth-order valence-corrected chi connectivity index (χ4v) is 2.23. The summed E-state index contributed by atoms with van der Waals surface area (Å²) in [5.41, 5.74) is 3.96. The molecule has 6 nitrogen and oxygen atoms in total. The minimum Gasteiger partial charge on any atom is -0.465 e. The summed E-state index contributed by atoms with van der Waals surface area (Å²) in [6.07, 6.45) is 1.76. The molecule has 0 saturated carbocycles. The van der Waals surface area contributed by atoms with E-state index < -0.39 is 12.0 Å². The Balaban J connectivity index is 1.92. The average Bonchev–Trinajstić information content (AvgIpc) is 2.59. The van der Waals surface area contributed by atoms with E-state index in [0.717, 1.165) is 22.4 Å². The zero-order valence-corrected chi connectivity index (χ0v) is 13.8. The van der Waals surface area contributed by atoms with Gasteiger partial charge >= 0.3 is 12.0 Å². The number of rotatable bonds is 6. The second-order valence-electron chi connectivity index (χ2n) is 5.21. The van der Waals surface area contributed by atoms with Crippen molar-refractivity contribution in [3.8, 4) is 11.3 Å². The number of nitrogens with zero attached hydrogens (tertiary/aromatic N) is 1. The van der Waals surface area contributed by atoms with Crippen LogP contribution in [0.2, 0.25) is 0 Å². The lowest BCUT2D eigenvalue weighted by Crippen LogP contribution is -2.38. The quantitative estimate of drug-likeness (QED) is 0.799. The molecule has 0 aliphatic heterocycles.